The molecule has 0 aliphatic heterocycles. The highest BCUT2D eigenvalue weighted by Crippen LogP contribution is 2.21. The summed E-state index contributed by atoms with van der Waals surface area (Å²) in [6, 6.07) is 5.73. The number of ether oxygens (including phenoxy) is 1. The molecule has 0 radical (unpaired) electrons. The van der Waals surface area contributed by atoms with Crippen molar-refractivity contribution in [2.24, 2.45) is 0 Å². The number of esters is 1. The van der Waals surface area contributed by atoms with Gasteiger partial charge >= 0.3 is 5.97 Å². The number of carbonyl (C=O) groups is 1. The third kappa shape index (κ3) is 10.1. The number of carbonyl (C=O) groups excluding carboxylic acids is 1. The Morgan fingerprint density at radius 2 is 1.55 bits per heavy atom. The van der Waals surface area contributed by atoms with E-state index in [0.717, 1.165) is 19.3 Å². The first kappa shape index (κ1) is 25.4. The predicted molar refractivity (Wildman–Crippen MR) is 118 cm³/mol. The first-order chi connectivity index (χ1) is 14.0. The molecular weight excluding hydrogens is 390 g/mol. The van der Waals surface area contributed by atoms with Crippen LogP contribution in [0, 0.1) is 10.1 Å². The minimum Gasteiger partial charge on any atom is -0.451 e. The number of hydrogen-bond donors (Lipinski definition) is 0. The molecule has 0 amide bonds. The van der Waals surface area contributed by atoms with E-state index in [0.29, 0.717) is 17.9 Å². The third-order valence-electron chi connectivity index (χ3n) is 5.31. The molecule has 164 valence electrons. The van der Waals surface area contributed by atoms with Gasteiger partial charge in [0.2, 0.25) is 6.04 Å². The Bertz CT molecular complexity index is 608. The van der Waals surface area contributed by atoms with Crippen LogP contribution in [-0.2, 0) is 4.74 Å². The lowest BCUT2D eigenvalue weighted by molar-refractivity contribution is -0.534. The Balaban J connectivity index is 2.45. The Kier molecular flexibility index (Phi) is 13.4. The number of nitrogens with zero attached hydrogens (tertiary/aromatic N) is 1. The predicted octanol–water partition coefficient (Wildman–Crippen LogP) is 7.23. The minimum atomic E-state index is -0.889. The first-order valence-electron chi connectivity index (χ1n) is 11.1. The van der Waals surface area contributed by atoms with Crippen LogP contribution in [0.2, 0.25) is 5.02 Å². The summed E-state index contributed by atoms with van der Waals surface area (Å²) in [5.41, 5.74) is 0.250. The molecule has 29 heavy (non-hydrogen) atoms. The van der Waals surface area contributed by atoms with Crippen LogP contribution in [0.25, 0.3) is 0 Å². The molecule has 0 aliphatic carbocycles. The van der Waals surface area contributed by atoms with E-state index in [-0.39, 0.29) is 10.5 Å². The topological polar surface area (TPSA) is 69.4 Å². The van der Waals surface area contributed by atoms with Crippen LogP contribution in [0.1, 0.15) is 101 Å². The zero-order valence-corrected chi connectivity index (χ0v) is 18.7. The normalized spacial score (nSPS) is 13.1. The van der Waals surface area contributed by atoms with Crippen LogP contribution in [0.15, 0.2) is 24.3 Å². The summed E-state index contributed by atoms with van der Waals surface area (Å²) in [4.78, 5) is 23.6. The number of nitro groups is 1. The van der Waals surface area contributed by atoms with Crippen LogP contribution in [0.4, 0.5) is 0 Å². The molecule has 0 aromatic heterocycles. The number of halogens is 1. The van der Waals surface area contributed by atoms with Crippen molar-refractivity contribution in [2.45, 2.75) is 103 Å². The van der Waals surface area contributed by atoms with Crippen LogP contribution in [0.3, 0.4) is 0 Å². The number of benzene rings is 1. The average Bonchev–Trinajstić information content (AvgIpc) is 2.69. The molecule has 0 bridgehead atoms. The van der Waals surface area contributed by atoms with Gasteiger partial charge < -0.3 is 4.74 Å². The van der Waals surface area contributed by atoms with Crippen LogP contribution < -0.4 is 0 Å². The standard InChI is InChI=1S/C23H36ClNO4/c1-3-5-6-7-8-9-10-11-12-13-18-22(21(4-2)25(27)28)29-23(26)19-16-14-15-17-20(19)24/h14-17,21-22H,3-13,18H2,1-2H3. The second kappa shape index (κ2) is 15.3. The zero-order valence-electron chi connectivity index (χ0n) is 17.9. The lowest BCUT2D eigenvalue weighted by Gasteiger charge is -2.21. The lowest BCUT2D eigenvalue weighted by Crippen LogP contribution is -2.37. The molecule has 2 unspecified atom stereocenters. The van der Waals surface area contributed by atoms with Crippen LogP contribution in [-0.4, -0.2) is 23.0 Å². The van der Waals surface area contributed by atoms with Gasteiger partial charge in [-0.3, -0.25) is 10.1 Å². The summed E-state index contributed by atoms with van der Waals surface area (Å²) < 4.78 is 5.55. The summed E-state index contributed by atoms with van der Waals surface area (Å²) in [7, 11) is 0. The number of hydrogen-bond acceptors (Lipinski definition) is 4. The van der Waals surface area contributed by atoms with Crippen LogP contribution in [0.5, 0.6) is 0 Å². The summed E-state index contributed by atoms with van der Waals surface area (Å²) in [5.74, 6) is -0.590. The average molecular weight is 426 g/mol. The molecule has 6 heteroatoms. The van der Waals surface area contributed by atoms with Gasteiger partial charge in [-0.1, -0.05) is 95.4 Å². The molecule has 0 spiro atoms. The number of rotatable bonds is 16. The maximum atomic E-state index is 12.5. The Labute approximate surface area is 180 Å². The van der Waals surface area contributed by atoms with Crippen molar-refractivity contribution in [3.63, 3.8) is 0 Å². The summed E-state index contributed by atoms with van der Waals surface area (Å²) >= 11 is 6.06. The molecule has 0 saturated heterocycles. The van der Waals surface area contributed by atoms with Gasteiger partial charge in [-0.15, -0.1) is 0 Å². The second-order valence-corrected chi connectivity index (χ2v) is 8.06. The molecule has 1 aromatic rings. The van der Waals surface area contributed by atoms with Crippen molar-refractivity contribution >= 4 is 17.6 Å². The maximum absolute atomic E-state index is 12.5. The van der Waals surface area contributed by atoms with Crippen molar-refractivity contribution in [1.29, 1.82) is 0 Å². The molecule has 1 aromatic carbocycles. The molecule has 2 atom stereocenters. The van der Waals surface area contributed by atoms with Gasteiger partial charge in [-0.25, -0.2) is 4.79 Å². The molecule has 0 aliphatic rings. The summed E-state index contributed by atoms with van der Waals surface area (Å²) in [6.07, 6.45) is 12.0. The molecule has 0 N–H and O–H groups in total. The van der Waals surface area contributed by atoms with E-state index in [9.17, 15) is 14.9 Å². The van der Waals surface area contributed by atoms with E-state index < -0.39 is 18.1 Å². The van der Waals surface area contributed by atoms with Gasteiger partial charge in [-0.2, -0.15) is 0 Å². The lowest BCUT2D eigenvalue weighted by atomic mass is 10.0. The fourth-order valence-electron chi connectivity index (χ4n) is 3.54. The maximum Gasteiger partial charge on any atom is 0.340 e. The molecule has 0 saturated carbocycles. The van der Waals surface area contributed by atoms with E-state index in [2.05, 4.69) is 6.92 Å². The quantitative estimate of drug-likeness (QED) is 0.121. The molecular formula is C23H36ClNO4. The third-order valence-corrected chi connectivity index (χ3v) is 5.64. The molecule has 5 nitrogen and oxygen atoms in total. The molecule has 0 fully saturated rings. The van der Waals surface area contributed by atoms with Gasteiger partial charge in [-0.05, 0) is 25.0 Å². The molecule has 1 rings (SSSR count). The monoisotopic (exact) mass is 425 g/mol. The fourth-order valence-corrected chi connectivity index (χ4v) is 3.75. The van der Waals surface area contributed by atoms with E-state index in [1.165, 1.54) is 44.9 Å². The van der Waals surface area contributed by atoms with Gasteiger partial charge in [0.05, 0.1) is 10.6 Å². The highest BCUT2D eigenvalue weighted by Gasteiger charge is 2.33. The van der Waals surface area contributed by atoms with Crippen molar-refractivity contribution < 1.29 is 14.5 Å². The van der Waals surface area contributed by atoms with E-state index in [4.69, 9.17) is 16.3 Å². The largest absolute Gasteiger partial charge is 0.451 e. The minimum absolute atomic E-state index is 0.250. The molecule has 0 heterocycles. The fraction of sp³-hybridized carbons (Fsp3) is 0.696. The highest BCUT2D eigenvalue weighted by molar-refractivity contribution is 6.33. The smallest absolute Gasteiger partial charge is 0.340 e. The second-order valence-electron chi connectivity index (χ2n) is 7.66. The van der Waals surface area contributed by atoms with E-state index in [1.807, 2.05) is 0 Å². The highest BCUT2D eigenvalue weighted by atomic mass is 35.5. The number of unbranched alkanes of at least 4 members (excludes halogenated alkanes) is 9. The first-order valence-corrected chi connectivity index (χ1v) is 11.5. The van der Waals surface area contributed by atoms with Gasteiger partial charge in [0.25, 0.3) is 0 Å². The Morgan fingerprint density at radius 3 is 2.07 bits per heavy atom. The zero-order chi connectivity index (χ0) is 21.5. The van der Waals surface area contributed by atoms with Crippen molar-refractivity contribution in [2.75, 3.05) is 0 Å². The van der Waals surface area contributed by atoms with Gasteiger partial charge in [0, 0.05) is 11.3 Å². The Hall–Kier alpha value is -1.62. The van der Waals surface area contributed by atoms with Gasteiger partial charge in [0.1, 0.15) is 0 Å². The van der Waals surface area contributed by atoms with Crippen LogP contribution >= 0.6 is 11.6 Å². The van der Waals surface area contributed by atoms with Crippen molar-refractivity contribution in [3.05, 3.63) is 45.0 Å². The van der Waals surface area contributed by atoms with E-state index >= 15 is 0 Å². The Morgan fingerprint density at radius 1 is 1.00 bits per heavy atom. The van der Waals surface area contributed by atoms with E-state index in [1.54, 1.807) is 31.2 Å². The van der Waals surface area contributed by atoms with Crippen molar-refractivity contribution in [3.8, 4) is 0 Å². The van der Waals surface area contributed by atoms with Crippen molar-refractivity contribution in [1.82, 2.24) is 0 Å². The summed E-state index contributed by atoms with van der Waals surface area (Å²) in [6.45, 7) is 3.98. The summed E-state index contributed by atoms with van der Waals surface area (Å²) in [5, 5.41) is 11.7. The van der Waals surface area contributed by atoms with Gasteiger partial charge in [0.15, 0.2) is 6.10 Å². The SMILES string of the molecule is CCCCCCCCCCCCC(OC(=O)c1ccccc1Cl)C(CC)[N+](=O)[O-].